The van der Waals surface area contributed by atoms with E-state index in [0.29, 0.717) is 18.6 Å². The van der Waals surface area contributed by atoms with Gasteiger partial charge in [-0.05, 0) is 45.8 Å². The van der Waals surface area contributed by atoms with E-state index in [-0.39, 0.29) is 5.97 Å². The lowest BCUT2D eigenvalue weighted by Crippen LogP contribution is -2.25. The summed E-state index contributed by atoms with van der Waals surface area (Å²) >= 11 is 1.52. The maximum absolute atomic E-state index is 13.1. The number of rotatable bonds is 8. The summed E-state index contributed by atoms with van der Waals surface area (Å²) in [7, 11) is 0. The first-order valence-corrected chi connectivity index (χ1v) is 7.44. The molecule has 0 bridgehead atoms. The molecule has 0 radical (unpaired) electrons. The van der Waals surface area contributed by atoms with E-state index in [4.69, 9.17) is 4.74 Å². The Hall–Kier alpha value is -0.250. The number of halogens is 1. The van der Waals surface area contributed by atoms with Crippen LogP contribution in [0.5, 0.6) is 0 Å². The van der Waals surface area contributed by atoms with Gasteiger partial charge in [-0.3, -0.25) is 4.79 Å². The lowest BCUT2D eigenvalue weighted by Gasteiger charge is -2.19. The minimum absolute atomic E-state index is 0.187. The topological polar surface area (TPSA) is 26.3 Å². The number of thioether (sulfide) groups is 1. The summed E-state index contributed by atoms with van der Waals surface area (Å²) < 4.78 is 18.3. The zero-order valence-electron chi connectivity index (χ0n) is 11.4. The highest BCUT2D eigenvalue weighted by Gasteiger charge is 2.15. The van der Waals surface area contributed by atoms with Crippen LogP contribution in [0.15, 0.2) is 0 Å². The van der Waals surface area contributed by atoms with E-state index in [9.17, 15) is 9.18 Å². The zero-order chi connectivity index (χ0) is 13.3. The molecule has 0 aliphatic heterocycles. The first-order chi connectivity index (χ1) is 7.85. The van der Waals surface area contributed by atoms with Crippen LogP contribution in [0.4, 0.5) is 4.39 Å². The Morgan fingerprint density at radius 2 is 2.00 bits per heavy atom. The molecule has 0 aliphatic carbocycles. The quantitative estimate of drug-likeness (QED) is 0.490. The van der Waals surface area contributed by atoms with Gasteiger partial charge in [-0.25, -0.2) is 4.39 Å². The van der Waals surface area contributed by atoms with E-state index in [0.717, 1.165) is 18.6 Å². The first kappa shape index (κ1) is 16.8. The number of hydrogen-bond donors (Lipinski definition) is 0. The Balaban J connectivity index is 3.43. The van der Waals surface area contributed by atoms with Gasteiger partial charge in [-0.1, -0.05) is 13.3 Å². The molecule has 0 saturated heterocycles. The third-order valence-corrected chi connectivity index (χ3v) is 3.07. The highest BCUT2D eigenvalue weighted by molar-refractivity contribution is 7.99. The molecule has 0 N–H and O–H groups in total. The molecule has 0 aromatic carbocycles. The average Bonchev–Trinajstić information content (AvgIpc) is 2.14. The number of alkyl halides is 1. The molecule has 0 saturated carbocycles. The summed E-state index contributed by atoms with van der Waals surface area (Å²) in [5.41, 5.74) is -0.414. The van der Waals surface area contributed by atoms with Gasteiger partial charge in [0.15, 0.2) is 0 Å². The van der Waals surface area contributed by atoms with Crippen LogP contribution in [0.2, 0.25) is 0 Å². The summed E-state index contributed by atoms with van der Waals surface area (Å²) in [5.74, 6) is 0.999. The SMILES string of the molecule is CCCC(F)CCCSCC(=O)OC(C)(C)C. The van der Waals surface area contributed by atoms with Crippen LogP contribution >= 0.6 is 11.8 Å². The second kappa shape index (κ2) is 8.78. The molecule has 0 aromatic heterocycles. The van der Waals surface area contributed by atoms with Gasteiger partial charge < -0.3 is 4.74 Å². The number of carbonyl (C=O) groups excluding carboxylic acids is 1. The maximum Gasteiger partial charge on any atom is 0.316 e. The summed E-state index contributed by atoms with van der Waals surface area (Å²) in [6, 6.07) is 0. The fourth-order valence-corrected chi connectivity index (χ4v) is 2.13. The third kappa shape index (κ3) is 12.0. The second-order valence-corrected chi connectivity index (χ2v) is 6.27. The number of carbonyl (C=O) groups is 1. The fraction of sp³-hybridized carbons (Fsp3) is 0.923. The van der Waals surface area contributed by atoms with Crippen LogP contribution in [0.3, 0.4) is 0 Å². The van der Waals surface area contributed by atoms with Crippen molar-refractivity contribution in [3.8, 4) is 0 Å². The van der Waals surface area contributed by atoms with Gasteiger partial charge in [0.25, 0.3) is 0 Å². The number of ether oxygens (including phenoxy) is 1. The van der Waals surface area contributed by atoms with E-state index < -0.39 is 11.8 Å². The van der Waals surface area contributed by atoms with Crippen molar-refractivity contribution in [2.75, 3.05) is 11.5 Å². The van der Waals surface area contributed by atoms with E-state index >= 15 is 0 Å². The van der Waals surface area contributed by atoms with E-state index in [1.165, 1.54) is 11.8 Å². The molecule has 102 valence electrons. The molecule has 0 amide bonds. The zero-order valence-corrected chi connectivity index (χ0v) is 12.2. The maximum atomic E-state index is 13.1. The van der Waals surface area contributed by atoms with Crippen LogP contribution in [0.1, 0.15) is 53.4 Å². The van der Waals surface area contributed by atoms with Gasteiger partial charge in [-0.15, -0.1) is 0 Å². The highest BCUT2D eigenvalue weighted by atomic mass is 32.2. The van der Waals surface area contributed by atoms with Crippen LogP contribution in [0.25, 0.3) is 0 Å². The molecule has 0 spiro atoms. The van der Waals surface area contributed by atoms with Gasteiger partial charge in [-0.2, -0.15) is 11.8 Å². The Morgan fingerprint density at radius 3 is 2.53 bits per heavy atom. The first-order valence-electron chi connectivity index (χ1n) is 6.29. The van der Waals surface area contributed by atoms with Gasteiger partial charge in [0, 0.05) is 0 Å². The van der Waals surface area contributed by atoms with Crippen molar-refractivity contribution in [1.29, 1.82) is 0 Å². The highest BCUT2D eigenvalue weighted by Crippen LogP contribution is 2.14. The fourth-order valence-electron chi connectivity index (χ4n) is 1.39. The lowest BCUT2D eigenvalue weighted by atomic mass is 10.1. The molecule has 1 atom stereocenters. The van der Waals surface area contributed by atoms with Crippen molar-refractivity contribution in [1.82, 2.24) is 0 Å². The molecule has 17 heavy (non-hydrogen) atoms. The minimum Gasteiger partial charge on any atom is -0.459 e. The average molecular weight is 264 g/mol. The Morgan fingerprint density at radius 1 is 1.35 bits per heavy atom. The molecule has 0 heterocycles. The predicted molar refractivity (Wildman–Crippen MR) is 72.2 cm³/mol. The molecule has 4 heteroatoms. The number of esters is 1. The van der Waals surface area contributed by atoms with Crippen molar-refractivity contribution < 1.29 is 13.9 Å². The van der Waals surface area contributed by atoms with Crippen molar-refractivity contribution >= 4 is 17.7 Å². The van der Waals surface area contributed by atoms with Crippen molar-refractivity contribution in [2.24, 2.45) is 0 Å². The number of hydrogen-bond acceptors (Lipinski definition) is 3. The monoisotopic (exact) mass is 264 g/mol. The minimum atomic E-state index is -0.679. The van der Waals surface area contributed by atoms with Crippen LogP contribution < -0.4 is 0 Å². The third-order valence-electron chi connectivity index (χ3n) is 2.05. The largest absolute Gasteiger partial charge is 0.459 e. The van der Waals surface area contributed by atoms with E-state index in [1.54, 1.807) is 0 Å². The van der Waals surface area contributed by atoms with Gasteiger partial charge in [0.05, 0.1) is 5.75 Å². The van der Waals surface area contributed by atoms with Crippen LogP contribution in [-0.4, -0.2) is 29.2 Å². The molecular formula is C13H25FO2S. The Bertz CT molecular complexity index is 214. The van der Waals surface area contributed by atoms with Gasteiger partial charge >= 0.3 is 5.97 Å². The van der Waals surface area contributed by atoms with Crippen molar-refractivity contribution in [2.45, 2.75) is 65.2 Å². The smallest absolute Gasteiger partial charge is 0.316 e. The predicted octanol–water partition coefficient (Wildman–Crippen LogP) is 3.98. The Labute approximate surface area is 109 Å². The second-order valence-electron chi connectivity index (χ2n) is 5.17. The normalized spacial score (nSPS) is 13.5. The van der Waals surface area contributed by atoms with Gasteiger partial charge in [0.1, 0.15) is 11.8 Å². The molecular weight excluding hydrogens is 239 g/mol. The molecule has 0 aliphatic rings. The molecule has 1 unspecified atom stereocenters. The molecule has 0 fully saturated rings. The van der Waals surface area contributed by atoms with Crippen LogP contribution in [-0.2, 0) is 9.53 Å². The van der Waals surface area contributed by atoms with Crippen LogP contribution in [0, 0.1) is 0 Å². The van der Waals surface area contributed by atoms with E-state index in [1.807, 2.05) is 27.7 Å². The summed E-state index contributed by atoms with van der Waals surface area (Å²) in [6.07, 6.45) is 2.30. The van der Waals surface area contributed by atoms with E-state index in [2.05, 4.69) is 0 Å². The molecule has 0 aromatic rings. The molecule has 0 rings (SSSR count). The molecule has 2 nitrogen and oxygen atoms in total. The summed E-state index contributed by atoms with van der Waals surface area (Å²) in [5, 5.41) is 0. The summed E-state index contributed by atoms with van der Waals surface area (Å²) in [4.78, 5) is 11.3. The Kier molecular flexibility index (Phi) is 8.66. The van der Waals surface area contributed by atoms with Crippen molar-refractivity contribution in [3.63, 3.8) is 0 Å². The van der Waals surface area contributed by atoms with Crippen molar-refractivity contribution in [3.05, 3.63) is 0 Å². The summed E-state index contributed by atoms with van der Waals surface area (Å²) in [6.45, 7) is 7.56. The van der Waals surface area contributed by atoms with Gasteiger partial charge in [0.2, 0.25) is 0 Å². The lowest BCUT2D eigenvalue weighted by molar-refractivity contribution is -0.151. The standard InChI is InChI=1S/C13H25FO2S/c1-5-7-11(14)8-6-9-17-10-12(15)16-13(2,3)4/h11H,5-10H2,1-4H3.